The Labute approximate surface area is 146 Å². The molecule has 1 saturated heterocycles. The Bertz CT molecular complexity index is 805. The third kappa shape index (κ3) is 3.38. The van der Waals surface area contributed by atoms with Crippen LogP contribution in [0.3, 0.4) is 0 Å². The van der Waals surface area contributed by atoms with Crippen LogP contribution in [0.15, 0.2) is 57.8 Å². The largest absolute Gasteiger partial charge is 0.467 e. The molecule has 25 heavy (non-hydrogen) atoms. The summed E-state index contributed by atoms with van der Waals surface area (Å²) in [4.78, 5) is 14.9. The molecule has 0 unspecified atom stereocenters. The van der Waals surface area contributed by atoms with Crippen LogP contribution >= 0.6 is 0 Å². The van der Waals surface area contributed by atoms with Gasteiger partial charge in [0, 0.05) is 18.9 Å². The molecule has 6 nitrogen and oxygen atoms in total. The Kier molecular flexibility index (Phi) is 4.41. The van der Waals surface area contributed by atoms with Crippen LogP contribution in [0.1, 0.15) is 53.8 Å². The molecule has 1 aliphatic rings. The number of carbonyl (C=O) groups excluding carboxylic acids is 1. The lowest BCUT2D eigenvalue weighted by Crippen LogP contribution is -2.34. The van der Waals surface area contributed by atoms with Gasteiger partial charge in [-0.15, -0.1) is 0 Å². The second kappa shape index (κ2) is 7.01. The molecule has 1 fully saturated rings. The summed E-state index contributed by atoms with van der Waals surface area (Å²) in [7, 11) is 0. The van der Waals surface area contributed by atoms with E-state index in [-0.39, 0.29) is 11.9 Å². The van der Waals surface area contributed by atoms with Crippen LogP contribution in [0, 0.1) is 0 Å². The molecule has 1 amide bonds. The summed E-state index contributed by atoms with van der Waals surface area (Å²) in [5.41, 5.74) is 0. The summed E-state index contributed by atoms with van der Waals surface area (Å²) in [5, 5.41) is 4.16. The predicted molar refractivity (Wildman–Crippen MR) is 91.0 cm³/mol. The smallest absolute Gasteiger partial charge is 0.290 e. The first-order valence-corrected chi connectivity index (χ1v) is 8.72. The van der Waals surface area contributed by atoms with Crippen molar-refractivity contribution in [2.45, 2.75) is 38.3 Å². The quantitative estimate of drug-likeness (QED) is 0.724. The van der Waals surface area contributed by atoms with Crippen molar-refractivity contribution in [3.8, 4) is 0 Å². The summed E-state index contributed by atoms with van der Waals surface area (Å²) in [6, 6.07) is 9.25. The molecule has 4 heterocycles. The Morgan fingerprint density at radius 1 is 1.20 bits per heavy atom. The molecule has 1 aliphatic heterocycles. The van der Waals surface area contributed by atoms with Crippen molar-refractivity contribution >= 4 is 5.91 Å². The number of hydrogen-bond acceptors (Lipinski definition) is 4. The van der Waals surface area contributed by atoms with Gasteiger partial charge < -0.3 is 13.7 Å². The minimum absolute atomic E-state index is 0.0235. The van der Waals surface area contributed by atoms with E-state index in [9.17, 15) is 4.79 Å². The molecule has 0 spiro atoms. The Hall–Kier alpha value is -2.76. The summed E-state index contributed by atoms with van der Waals surface area (Å²) >= 11 is 0. The average molecular weight is 339 g/mol. The Balaban J connectivity index is 1.54. The van der Waals surface area contributed by atoms with Crippen LogP contribution in [-0.4, -0.2) is 27.1 Å². The number of likely N-dealkylation sites (tertiary alicyclic amines) is 1. The molecular weight excluding hydrogens is 318 g/mol. The molecule has 0 N–H and O–H groups in total. The van der Waals surface area contributed by atoms with Gasteiger partial charge >= 0.3 is 0 Å². The van der Waals surface area contributed by atoms with Gasteiger partial charge in [0.25, 0.3) is 5.91 Å². The van der Waals surface area contributed by atoms with E-state index in [0.717, 1.165) is 43.7 Å². The fourth-order valence-electron chi connectivity index (χ4n) is 3.40. The number of amides is 1. The van der Waals surface area contributed by atoms with Gasteiger partial charge in [-0.25, -0.2) is 0 Å². The normalized spacial score (nSPS) is 18.2. The van der Waals surface area contributed by atoms with Crippen molar-refractivity contribution in [2.24, 2.45) is 0 Å². The van der Waals surface area contributed by atoms with Crippen LogP contribution < -0.4 is 0 Å². The molecule has 130 valence electrons. The van der Waals surface area contributed by atoms with Gasteiger partial charge in [-0.1, -0.05) is 12.8 Å². The van der Waals surface area contributed by atoms with Gasteiger partial charge in [0.15, 0.2) is 5.76 Å². The number of rotatable bonds is 4. The van der Waals surface area contributed by atoms with Gasteiger partial charge in [-0.3, -0.25) is 9.48 Å². The number of hydrogen-bond donors (Lipinski definition) is 0. The highest BCUT2D eigenvalue weighted by Gasteiger charge is 2.30. The van der Waals surface area contributed by atoms with E-state index in [0.29, 0.717) is 12.3 Å². The SMILES string of the molecule is O=C(c1ccc(Cn2cccn2)o1)N1CCCCC[C@H]1c1ccco1. The number of aromatic nitrogens is 2. The third-order valence-corrected chi connectivity index (χ3v) is 4.63. The number of carbonyl (C=O) groups is 1. The lowest BCUT2D eigenvalue weighted by atomic mass is 10.1. The van der Waals surface area contributed by atoms with E-state index < -0.39 is 0 Å². The van der Waals surface area contributed by atoms with Crippen molar-refractivity contribution in [3.05, 3.63) is 66.3 Å². The highest BCUT2D eigenvalue weighted by atomic mass is 16.4. The molecule has 0 radical (unpaired) electrons. The van der Waals surface area contributed by atoms with Crippen molar-refractivity contribution in [1.82, 2.24) is 14.7 Å². The van der Waals surface area contributed by atoms with E-state index in [2.05, 4.69) is 5.10 Å². The zero-order valence-corrected chi connectivity index (χ0v) is 14.0. The van der Waals surface area contributed by atoms with Crippen molar-refractivity contribution in [2.75, 3.05) is 6.54 Å². The second-order valence-corrected chi connectivity index (χ2v) is 6.35. The first-order chi connectivity index (χ1) is 12.3. The van der Waals surface area contributed by atoms with E-state index in [1.807, 2.05) is 35.4 Å². The van der Waals surface area contributed by atoms with Crippen molar-refractivity contribution in [3.63, 3.8) is 0 Å². The number of nitrogens with zero attached hydrogens (tertiary/aromatic N) is 3. The van der Waals surface area contributed by atoms with Gasteiger partial charge in [0.1, 0.15) is 11.5 Å². The summed E-state index contributed by atoms with van der Waals surface area (Å²) in [5.74, 6) is 1.87. The lowest BCUT2D eigenvalue weighted by molar-refractivity contribution is 0.0623. The molecule has 4 rings (SSSR count). The Morgan fingerprint density at radius 3 is 2.96 bits per heavy atom. The van der Waals surface area contributed by atoms with Crippen molar-refractivity contribution in [1.29, 1.82) is 0 Å². The van der Waals surface area contributed by atoms with E-state index >= 15 is 0 Å². The number of furan rings is 2. The fourth-order valence-corrected chi connectivity index (χ4v) is 3.40. The molecule has 6 heteroatoms. The van der Waals surface area contributed by atoms with E-state index in [4.69, 9.17) is 8.83 Å². The molecule has 0 aliphatic carbocycles. The van der Waals surface area contributed by atoms with Gasteiger partial charge in [0.05, 0.1) is 18.8 Å². The maximum absolute atomic E-state index is 13.0. The zero-order chi connectivity index (χ0) is 17.1. The second-order valence-electron chi connectivity index (χ2n) is 6.35. The maximum atomic E-state index is 13.0. The summed E-state index contributed by atoms with van der Waals surface area (Å²) < 4.78 is 13.1. The van der Waals surface area contributed by atoms with Gasteiger partial charge in [-0.05, 0) is 43.2 Å². The standard InChI is InChI=1S/C19H21N3O3/c23-19(18-9-8-15(25-18)14-21-11-5-10-20-21)22-12-3-1-2-6-16(22)17-7-4-13-24-17/h4-5,7-11,13,16H,1-3,6,12,14H2/t16-/m0/s1. The summed E-state index contributed by atoms with van der Waals surface area (Å²) in [6.07, 6.45) is 9.40. The van der Waals surface area contributed by atoms with Gasteiger partial charge in [-0.2, -0.15) is 5.10 Å². The minimum atomic E-state index is -0.0741. The average Bonchev–Trinajstić information content (AvgIpc) is 3.36. The molecule has 0 aromatic carbocycles. The molecule has 0 bridgehead atoms. The monoisotopic (exact) mass is 339 g/mol. The van der Waals surface area contributed by atoms with Crippen LogP contribution in [-0.2, 0) is 6.54 Å². The zero-order valence-electron chi connectivity index (χ0n) is 14.0. The van der Waals surface area contributed by atoms with Crippen molar-refractivity contribution < 1.29 is 13.6 Å². The van der Waals surface area contributed by atoms with Gasteiger partial charge in [0.2, 0.25) is 0 Å². The minimum Gasteiger partial charge on any atom is -0.467 e. The first kappa shape index (κ1) is 15.7. The van der Waals surface area contributed by atoms with E-state index in [1.165, 1.54) is 0 Å². The van der Waals surface area contributed by atoms with E-state index in [1.54, 1.807) is 23.2 Å². The maximum Gasteiger partial charge on any atom is 0.290 e. The van der Waals surface area contributed by atoms with Crippen LogP contribution in [0.5, 0.6) is 0 Å². The third-order valence-electron chi connectivity index (χ3n) is 4.63. The van der Waals surface area contributed by atoms with Crippen LogP contribution in [0.2, 0.25) is 0 Å². The molecule has 1 atom stereocenters. The first-order valence-electron chi connectivity index (χ1n) is 8.72. The summed E-state index contributed by atoms with van der Waals surface area (Å²) in [6.45, 7) is 1.24. The lowest BCUT2D eigenvalue weighted by Gasteiger charge is -2.27. The predicted octanol–water partition coefficient (Wildman–Crippen LogP) is 3.87. The van der Waals surface area contributed by atoms with Crippen LogP contribution in [0.25, 0.3) is 0 Å². The molecule has 3 aromatic rings. The highest BCUT2D eigenvalue weighted by molar-refractivity contribution is 5.91. The fraction of sp³-hybridized carbons (Fsp3) is 0.368. The Morgan fingerprint density at radius 2 is 2.16 bits per heavy atom. The molecular formula is C19H21N3O3. The van der Waals surface area contributed by atoms with Crippen LogP contribution in [0.4, 0.5) is 0 Å². The highest BCUT2D eigenvalue weighted by Crippen LogP contribution is 2.31. The molecule has 3 aromatic heterocycles. The molecule has 0 saturated carbocycles. The topological polar surface area (TPSA) is 64.4 Å².